The predicted molar refractivity (Wildman–Crippen MR) is 202 cm³/mol. The first-order valence-electron chi connectivity index (χ1n) is 15.6. The van der Waals surface area contributed by atoms with Gasteiger partial charge < -0.3 is 10.2 Å². The molecule has 2 aromatic heterocycles. The Morgan fingerprint density at radius 3 is 2.17 bits per heavy atom. The number of allylic oxidation sites excluding steroid dienone is 2. The highest BCUT2D eigenvalue weighted by Gasteiger charge is 2.39. The topological polar surface area (TPSA) is 15.3 Å². The Morgan fingerprint density at radius 2 is 1.41 bits per heavy atom. The Bertz CT molecular complexity index is 2070. The maximum atomic E-state index is 3.98. The summed E-state index contributed by atoms with van der Waals surface area (Å²) < 4.78 is 1.06. The van der Waals surface area contributed by atoms with Gasteiger partial charge in [0.2, 0.25) is 0 Å². The quantitative estimate of drug-likeness (QED) is 0.179. The zero-order valence-electron chi connectivity index (χ0n) is 25.7. The van der Waals surface area contributed by atoms with E-state index < -0.39 is 5.54 Å². The van der Waals surface area contributed by atoms with Crippen LogP contribution in [0.5, 0.6) is 0 Å². The zero-order valence-corrected chi connectivity index (χ0v) is 28.9. The van der Waals surface area contributed by atoms with Crippen LogP contribution in [0.4, 0.5) is 15.7 Å². The van der Waals surface area contributed by atoms with Crippen molar-refractivity contribution in [2.24, 2.45) is 0 Å². The Morgan fingerprint density at radius 1 is 0.696 bits per heavy atom. The molecule has 0 saturated carbocycles. The SMILES string of the molecule is CC1(C)c2ccccc2-c2ccc(N(C3=CC(Br)=CC(Nc4cccs4)(c4ccc(-c5ccccc5)cc4)C3)c3cccs3)cc21. The molecule has 0 bridgehead atoms. The smallest absolute Gasteiger partial charge is 0.0996 e. The molecule has 5 heteroatoms. The maximum Gasteiger partial charge on any atom is 0.0996 e. The summed E-state index contributed by atoms with van der Waals surface area (Å²) >= 11 is 7.48. The van der Waals surface area contributed by atoms with Gasteiger partial charge in [0.15, 0.2) is 0 Å². The fourth-order valence-electron chi connectivity index (χ4n) is 7.13. The maximum absolute atomic E-state index is 3.98. The van der Waals surface area contributed by atoms with Crippen molar-refractivity contribution in [2.75, 3.05) is 10.2 Å². The molecular weight excluding hydrogens is 665 g/mol. The van der Waals surface area contributed by atoms with Gasteiger partial charge in [-0.3, -0.25) is 0 Å². The third kappa shape index (κ3) is 5.07. The lowest BCUT2D eigenvalue weighted by molar-refractivity contribution is 0.593. The molecule has 0 aliphatic heterocycles. The molecule has 0 saturated heterocycles. The van der Waals surface area contributed by atoms with Gasteiger partial charge in [0.05, 0.1) is 15.5 Å². The minimum Gasteiger partial charge on any atom is -0.364 e. The molecule has 8 rings (SSSR count). The van der Waals surface area contributed by atoms with E-state index in [9.17, 15) is 0 Å². The van der Waals surface area contributed by atoms with Crippen LogP contribution < -0.4 is 10.2 Å². The van der Waals surface area contributed by atoms with Crippen LogP contribution in [0.25, 0.3) is 22.3 Å². The van der Waals surface area contributed by atoms with E-state index in [1.54, 1.807) is 22.7 Å². The van der Waals surface area contributed by atoms with Crippen molar-refractivity contribution in [2.45, 2.75) is 31.2 Å². The van der Waals surface area contributed by atoms with Crippen molar-refractivity contribution in [3.63, 3.8) is 0 Å². The number of hydrogen-bond donors (Lipinski definition) is 1. The average Bonchev–Trinajstić information content (AvgIpc) is 3.84. The highest BCUT2D eigenvalue weighted by Crippen LogP contribution is 2.51. The van der Waals surface area contributed by atoms with Gasteiger partial charge in [-0.15, -0.1) is 22.7 Å². The van der Waals surface area contributed by atoms with Gasteiger partial charge in [0, 0.05) is 27.7 Å². The Balaban J connectivity index is 1.23. The van der Waals surface area contributed by atoms with Crippen LogP contribution in [-0.2, 0) is 11.0 Å². The van der Waals surface area contributed by atoms with Gasteiger partial charge in [-0.05, 0) is 98.3 Å². The Kier molecular flexibility index (Phi) is 7.36. The summed E-state index contributed by atoms with van der Waals surface area (Å²) in [6.07, 6.45) is 5.39. The standard InChI is InChI=1S/C41H33BrN2S2/c1-40(2)36-13-7-6-12-34(36)35-21-20-32(25-37(35)40)44(39-15-9-23-46-39)33-24-31(42)26-41(27-33,43-38-14-8-22-45-38)30-18-16-29(17-19-30)28-10-4-3-5-11-28/h3-26,43H,27H2,1-2H3. The van der Waals surface area contributed by atoms with Crippen molar-refractivity contribution in [1.29, 1.82) is 0 Å². The van der Waals surface area contributed by atoms with E-state index in [2.05, 4.69) is 184 Å². The molecule has 0 spiro atoms. The molecule has 6 aromatic rings. The molecule has 2 nitrogen and oxygen atoms in total. The Hall–Kier alpha value is -4.16. The number of nitrogens with one attached hydrogen (secondary N) is 1. The summed E-state index contributed by atoms with van der Waals surface area (Å²) in [5.74, 6) is 0. The summed E-state index contributed by atoms with van der Waals surface area (Å²) in [5, 5.41) is 10.6. The van der Waals surface area contributed by atoms with Crippen LogP contribution >= 0.6 is 38.6 Å². The molecule has 2 aliphatic carbocycles. The number of halogens is 1. The monoisotopic (exact) mass is 696 g/mol. The van der Waals surface area contributed by atoms with E-state index in [-0.39, 0.29) is 5.41 Å². The fourth-order valence-corrected chi connectivity index (χ4v) is 9.27. The summed E-state index contributed by atoms with van der Waals surface area (Å²) in [5.41, 5.74) is 11.0. The molecule has 226 valence electrons. The van der Waals surface area contributed by atoms with Crippen molar-refractivity contribution >= 4 is 54.3 Å². The fraction of sp³-hybridized carbons (Fsp3) is 0.122. The van der Waals surface area contributed by atoms with Gasteiger partial charge in [-0.2, -0.15) is 0 Å². The number of benzene rings is 4. The van der Waals surface area contributed by atoms with E-state index in [1.807, 2.05) is 0 Å². The largest absolute Gasteiger partial charge is 0.364 e. The minimum atomic E-state index is -0.468. The highest BCUT2D eigenvalue weighted by atomic mass is 79.9. The zero-order chi connectivity index (χ0) is 31.3. The van der Waals surface area contributed by atoms with Crippen LogP contribution in [0.3, 0.4) is 0 Å². The first-order chi connectivity index (χ1) is 22.4. The molecule has 2 aliphatic rings. The van der Waals surface area contributed by atoms with E-state index >= 15 is 0 Å². The summed E-state index contributed by atoms with van der Waals surface area (Å²) in [6.45, 7) is 4.70. The molecule has 46 heavy (non-hydrogen) atoms. The lowest BCUT2D eigenvalue weighted by atomic mass is 9.81. The molecule has 0 fully saturated rings. The van der Waals surface area contributed by atoms with Crippen LogP contribution in [-0.4, -0.2) is 0 Å². The number of thiophene rings is 2. The normalized spacial score (nSPS) is 17.9. The van der Waals surface area contributed by atoms with Crippen LogP contribution in [0.2, 0.25) is 0 Å². The van der Waals surface area contributed by atoms with Crippen molar-refractivity contribution in [3.05, 3.63) is 171 Å². The third-order valence-electron chi connectivity index (χ3n) is 9.36. The van der Waals surface area contributed by atoms with Gasteiger partial charge in [0.25, 0.3) is 0 Å². The Labute approximate surface area is 287 Å². The van der Waals surface area contributed by atoms with Gasteiger partial charge in [-0.25, -0.2) is 0 Å². The summed E-state index contributed by atoms with van der Waals surface area (Å²) in [6, 6.07) is 44.2. The van der Waals surface area contributed by atoms with Crippen LogP contribution in [0, 0.1) is 0 Å². The lowest BCUT2D eigenvalue weighted by Crippen LogP contribution is -2.37. The van der Waals surface area contributed by atoms with Crippen LogP contribution in [0.15, 0.2) is 154 Å². The molecule has 2 heterocycles. The lowest BCUT2D eigenvalue weighted by Gasteiger charge is -2.40. The summed E-state index contributed by atoms with van der Waals surface area (Å²) in [7, 11) is 0. The van der Waals surface area contributed by atoms with Crippen molar-refractivity contribution < 1.29 is 0 Å². The second-order valence-corrected chi connectivity index (χ2v) is 15.3. The molecule has 4 aromatic carbocycles. The van der Waals surface area contributed by atoms with Gasteiger partial charge >= 0.3 is 0 Å². The van der Waals surface area contributed by atoms with Crippen molar-refractivity contribution in [1.82, 2.24) is 0 Å². The number of nitrogens with zero attached hydrogens (tertiary/aromatic N) is 1. The van der Waals surface area contributed by atoms with Crippen molar-refractivity contribution in [3.8, 4) is 22.3 Å². The number of hydrogen-bond acceptors (Lipinski definition) is 4. The first kappa shape index (κ1) is 29.3. The molecular formula is C41H33BrN2S2. The second-order valence-electron chi connectivity index (χ2n) is 12.5. The molecule has 0 radical (unpaired) electrons. The molecule has 1 unspecified atom stereocenters. The first-order valence-corrected chi connectivity index (χ1v) is 18.1. The van der Waals surface area contributed by atoms with Gasteiger partial charge in [-0.1, -0.05) is 115 Å². The summed E-state index contributed by atoms with van der Waals surface area (Å²) in [4.78, 5) is 2.46. The minimum absolute atomic E-state index is 0.0739. The van der Waals surface area contributed by atoms with Gasteiger partial charge in [0.1, 0.15) is 0 Å². The number of rotatable bonds is 7. The molecule has 1 atom stereocenters. The van der Waals surface area contributed by atoms with E-state index in [0.29, 0.717) is 0 Å². The highest BCUT2D eigenvalue weighted by molar-refractivity contribution is 9.11. The van der Waals surface area contributed by atoms with E-state index in [4.69, 9.17) is 0 Å². The molecule has 1 N–H and O–H groups in total. The third-order valence-corrected chi connectivity index (χ3v) is 11.5. The number of anilines is 3. The van der Waals surface area contributed by atoms with Crippen LogP contribution in [0.1, 0.15) is 37.0 Å². The predicted octanol–water partition coefficient (Wildman–Crippen LogP) is 12.5. The van der Waals surface area contributed by atoms with E-state index in [1.165, 1.54) is 55.3 Å². The average molecular weight is 698 g/mol. The van der Waals surface area contributed by atoms with E-state index in [0.717, 1.165) is 15.9 Å². The number of fused-ring (bicyclic) bond motifs is 3. The second kappa shape index (κ2) is 11.6. The molecule has 0 amide bonds.